The van der Waals surface area contributed by atoms with Crippen LogP contribution in [0.3, 0.4) is 0 Å². The van der Waals surface area contributed by atoms with E-state index < -0.39 is 0 Å². The summed E-state index contributed by atoms with van der Waals surface area (Å²) in [7, 11) is 0. The van der Waals surface area contributed by atoms with Gasteiger partial charge in [0, 0.05) is 17.8 Å². The van der Waals surface area contributed by atoms with Gasteiger partial charge in [0.15, 0.2) is 5.78 Å². The van der Waals surface area contributed by atoms with Gasteiger partial charge in [-0.2, -0.15) is 0 Å². The minimum atomic E-state index is 0.0491. The molecule has 4 rings (SSSR count). The molecule has 3 atom stereocenters. The molecule has 142 valence electrons. The standard InChI is InChI=1S/C25H30O2/c26-24-21(16-18-8-3-1-4-9-18)14-15-22(24)17-20-12-7-13-23(25(20)27)19-10-5-2-6-11-19/h1,3-4,8-10,16,20,22-23H,2,5-7,11-15,17H2/t20-,22-,23-/m1/s1. The summed E-state index contributed by atoms with van der Waals surface area (Å²) in [5.74, 6) is 1.01. The van der Waals surface area contributed by atoms with Crippen molar-refractivity contribution >= 4 is 17.6 Å². The van der Waals surface area contributed by atoms with E-state index in [1.165, 1.54) is 18.4 Å². The fourth-order valence-electron chi connectivity index (χ4n) is 5.23. The molecular weight excluding hydrogens is 332 g/mol. The Morgan fingerprint density at radius 2 is 1.74 bits per heavy atom. The molecular formula is C25H30O2. The first-order valence-electron chi connectivity index (χ1n) is 10.7. The zero-order chi connectivity index (χ0) is 18.6. The summed E-state index contributed by atoms with van der Waals surface area (Å²) < 4.78 is 0. The average molecular weight is 363 g/mol. The van der Waals surface area contributed by atoms with Crippen LogP contribution in [-0.4, -0.2) is 11.6 Å². The number of allylic oxidation sites excluding steroid dienone is 3. The maximum Gasteiger partial charge on any atom is 0.161 e. The van der Waals surface area contributed by atoms with Crippen LogP contribution < -0.4 is 0 Å². The van der Waals surface area contributed by atoms with Crippen LogP contribution in [0.5, 0.6) is 0 Å². The van der Waals surface area contributed by atoms with Crippen LogP contribution in [0, 0.1) is 17.8 Å². The third-order valence-corrected chi connectivity index (χ3v) is 6.72. The van der Waals surface area contributed by atoms with Gasteiger partial charge in [0.25, 0.3) is 0 Å². The molecule has 0 saturated heterocycles. The van der Waals surface area contributed by atoms with Crippen molar-refractivity contribution in [1.82, 2.24) is 0 Å². The number of carbonyl (C=O) groups is 2. The van der Waals surface area contributed by atoms with Crippen molar-refractivity contribution in [3.05, 3.63) is 53.1 Å². The third-order valence-electron chi connectivity index (χ3n) is 6.72. The van der Waals surface area contributed by atoms with Gasteiger partial charge in [0.05, 0.1) is 0 Å². The Bertz CT molecular complexity index is 756. The first-order valence-corrected chi connectivity index (χ1v) is 10.7. The Morgan fingerprint density at radius 3 is 2.52 bits per heavy atom. The zero-order valence-corrected chi connectivity index (χ0v) is 16.2. The van der Waals surface area contributed by atoms with Crippen LogP contribution in [0.15, 0.2) is 47.6 Å². The lowest BCUT2D eigenvalue weighted by Gasteiger charge is -2.31. The van der Waals surface area contributed by atoms with Crippen molar-refractivity contribution in [2.24, 2.45) is 17.8 Å². The Kier molecular flexibility index (Phi) is 5.71. The minimum Gasteiger partial charge on any atom is -0.299 e. The number of rotatable bonds is 4. The average Bonchev–Trinajstić information content (AvgIpc) is 3.04. The summed E-state index contributed by atoms with van der Waals surface area (Å²) in [6, 6.07) is 10.1. The van der Waals surface area contributed by atoms with Crippen LogP contribution in [0.25, 0.3) is 6.08 Å². The van der Waals surface area contributed by atoms with Crippen LogP contribution in [-0.2, 0) is 9.59 Å². The molecule has 0 radical (unpaired) electrons. The van der Waals surface area contributed by atoms with Gasteiger partial charge >= 0.3 is 0 Å². The van der Waals surface area contributed by atoms with Crippen LogP contribution in [0.2, 0.25) is 0 Å². The van der Waals surface area contributed by atoms with E-state index in [9.17, 15) is 9.59 Å². The second-order valence-electron chi connectivity index (χ2n) is 8.52. The summed E-state index contributed by atoms with van der Waals surface area (Å²) in [6.07, 6.45) is 14.8. The van der Waals surface area contributed by atoms with Gasteiger partial charge in [-0.1, -0.05) is 48.4 Å². The minimum absolute atomic E-state index is 0.0491. The topological polar surface area (TPSA) is 34.1 Å². The molecule has 2 heteroatoms. The fraction of sp³-hybridized carbons (Fsp3) is 0.520. The predicted molar refractivity (Wildman–Crippen MR) is 109 cm³/mol. The number of benzene rings is 1. The lowest BCUT2D eigenvalue weighted by molar-refractivity contribution is -0.129. The summed E-state index contributed by atoms with van der Waals surface area (Å²) in [5, 5.41) is 0. The Hall–Kier alpha value is -1.96. The molecule has 27 heavy (non-hydrogen) atoms. The highest BCUT2D eigenvalue weighted by atomic mass is 16.1. The molecule has 0 bridgehead atoms. The normalized spacial score (nSPS) is 30.6. The second-order valence-corrected chi connectivity index (χ2v) is 8.52. The first kappa shape index (κ1) is 18.4. The fourth-order valence-corrected chi connectivity index (χ4v) is 5.23. The van der Waals surface area contributed by atoms with Crippen molar-refractivity contribution < 1.29 is 9.59 Å². The van der Waals surface area contributed by atoms with Gasteiger partial charge in [-0.3, -0.25) is 9.59 Å². The molecule has 0 aromatic heterocycles. The number of hydrogen-bond acceptors (Lipinski definition) is 2. The van der Waals surface area contributed by atoms with Crippen molar-refractivity contribution in [2.75, 3.05) is 0 Å². The molecule has 0 N–H and O–H groups in total. The van der Waals surface area contributed by atoms with Gasteiger partial charge in [-0.05, 0) is 75.0 Å². The second kappa shape index (κ2) is 8.37. The van der Waals surface area contributed by atoms with Crippen molar-refractivity contribution in [3.8, 4) is 0 Å². The van der Waals surface area contributed by atoms with Crippen molar-refractivity contribution in [3.63, 3.8) is 0 Å². The monoisotopic (exact) mass is 362 g/mol. The van der Waals surface area contributed by atoms with E-state index in [1.807, 2.05) is 36.4 Å². The predicted octanol–water partition coefficient (Wildman–Crippen LogP) is 5.93. The van der Waals surface area contributed by atoms with E-state index in [0.29, 0.717) is 5.78 Å². The lowest BCUT2D eigenvalue weighted by Crippen LogP contribution is -2.32. The van der Waals surface area contributed by atoms with E-state index in [2.05, 4.69) is 6.08 Å². The van der Waals surface area contributed by atoms with Crippen LogP contribution in [0.4, 0.5) is 0 Å². The Labute approximate surface area is 162 Å². The Morgan fingerprint density at radius 1 is 0.889 bits per heavy atom. The Balaban J connectivity index is 1.41. The van der Waals surface area contributed by atoms with E-state index in [4.69, 9.17) is 0 Å². The molecule has 1 aromatic carbocycles. The van der Waals surface area contributed by atoms with Crippen LogP contribution >= 0.6 is 0 Å². The molecule has 2 saturated carbocycles. The van der Waals surface area contributed by atoms with Gasteiger partial charge in [0.2, 0.25) is 0 Å². The summed E-state index contributed by atoms with van der Waals surface area (Å²) >= 11 is 0. The largest absolute Gasteiger partial charge is 0.299 e. The molecule has 0 spiro atoms. The van der Waals surface area contributed by atoms with Crippen LogP contribution in [0.1, 0.15) is 69.8 Å². The highest BCUT2D eigenvalue weighted by Crippen LogP contribution is 2.40. The molecule has 0 heterocycles. The molecule has 0 unspecified atom stereocenters. The third kappa shape index (κ3) is 4.15. The highest BCUT2D eigenvalue weighted by Gasteiger charge is 2.38. The maximum absolute atomic E-state index is 13.1. The first-order chi connectivity index (χ1) is 13.2. The number of hydrogen-bond donors (Lipinski definition) is 0. The van der Waals surface area contributed by atoms with E-state index in [-0.39, 0.29) is 23.5 Å². The van der Waals surface area contributed by atoms with E-state index in [0.717, 1.165) is 62.5 Å². The SMILES string of the molecule is O=C1C(=Cc2ccccc2)CC[C@@H]1C[C@H]1CCC[C@H](C2=CCCCC2)C1=O. The lowest BCUT2D eigenvalue weighted by atomic mass is 9.71. The zero-order valence-electron chi connectivity index (χ0n) is 16.2. The quantitative estimate of drug-likeness (QED) is 0.492. The van der Waals surface area contributed by atoms with Gasteiger partial charge < -0.3 is 0 Å². The van der Waals surface area contributed by atoms with E-state index >= 15 is 0 Å². The van der Waals surface area contributed by atoms with Gasteiger partial charge in [-0.25, -0.2) is 0 Å². The van der Waals surface area contributed by atoms with Crippen molar-refractivity contribution in [2.45, 2.75) is 64.2 Å². The molecule has 0 amide bonds. The summed E-state index contributed by atoms with van der Waals surface area (Å²) in [4.78, 5) is 26.0. The number of carbonyl (C=O) groups excluding carboxylic acids is 2. The molecule has 3 aliphatic carbocycles. The molecule has 2 nitrogen and oxygen atoms in total. The smallest absolute Gasteiger partial charge is 0.161 e. The number of ketones is 2. The summed E-state index contributed by atoms with van der Waals surface area (Å²) in [5.41, 5.74) is 3.44. The molecule has 3 aliphatic rings. The molecule has 0 aliphatic heterocycles. The van der Waals surface area contributed by atoms with E-state index in [1.54, 1.807) is 0 Å². The van der Waals surface area contributed by atoms with Gasteiger partial charge in [-0.15, -0.1) is 0 Å². The summed E-state index contributed by atoms with van der Waals surface area (Å²) in [6.45, 7) is 0. The van der Waals surface area contributed by atoms with Crippen molar-refractivity contribution in [1.29, 1.82) is 0 Å². The van der Waals surface area contributed by atoms with Gasteiger partial charge in [0.1, 0.15) is 5.78 Å². The highest BCUT2D eigenvalue weighted by molar-refractivity contribution is 6.03. The maximum atomic E-state index is 13.1. The molecule has 2 fully saturated rings. The molecule has 1 aromatic rings. The number of Topliss-reactive ketones (excluding diaryl/α,β-unsaturated/α-hetero) is 2.